The second-order valence-corrected chi connectivity index (χ2v) is 6.82. The Bertz CT molecular complexity index is 1100. The van der Waals surface area contributed by atoms with Crippen LogP contribution in [0.1, 0.15) is 6.42 Å². The van der Waals surface area contributed by atoms with Crippen LogP contribution in [0.15, 0.2) is 51.7 Å². The molecule has 0 atom stereocenters. The maximum atomic E-state index is 12.4. The number of anilines is 1. The summed E-state index contributed by atoms with van der Waals surface area (Å²) in [5, 5.41) is 3.13. The van der Waals surface area contributed by atoms with Gasteiger partial charge in [-0.1, -0.05) is 23.7 Å². The molecule has 2 amide bonds. The van der Waals surface area contributed by atoms with E-state index in [9.17, 15) is 14.4 Å². The van der Waals surface area contributed by atoms with E-state index in [0.29, 0.717) is 27.6 Å². The number of fused-ring (bicyclic) bond motifs is 1. The molecule has 1 aromatic heterocycles. The van der Waals surface area contributed by atoms with E-state index in [1.54, 1.807) is 42.5 Å². The number of carbonyl (C=O) groups is 2. The quantitative estimate of drug-likeness (QED) is 0.638. The van der Waals surface area contributed by atoms with Crippen LogP contribution < -0.4 is 15.8 Å². The summed E-state index contributed by atoms with van der Waals surface area (Å²) in [6.45, 7) is -0.00170. The Morgan fingerprint density at radius 3 is 2.76 bits per heavy atom. The Hall–Kier alpha value is -3.26. The first-order valence-electron chi connectivity index (χ1n) is 8.84. The van der Waals surface area contributed by atoms with Crippen molar-refractivity contribution in [3.8, 4) is 5.75 Å². The minimum absolute atomic E-state index is 0.0493. The van der Waals surface area contributed by atoms with Crippen molar-refractivity contribution in [2.24, 2.45) is 0 Å². The standard InChI is InChI=1S/C20H20ClN3O5/c1-23(12-18(25)22-14-11-13(21)7-8-16(14)28-2)19(26)9-10-24-15-5-3-4-6-17(15)29-20(24)27/h3-8,11H,9-10,12H2,1-2H3,(H,22,25). The summed E-state index contributed by atoms with van der Waals surface area (Å²) in [4.78, 5) is 38.0. The number of hydrogen-bond donors (Lipinski definition) is 1. The molecule has 0 radical (unpaired) electrons. The molecule has 1 heterocycles. The highest BCUT2D eigenvalue weighted by atomic mass is 35.5. The average molecular weight is 418 g/mol. The van der Waals surface area contributed by atoms with Gasteiger partial charge in [-0.05, 0) is 30.3 Å². The zero-order valence-electron chi connectivity index (χ0n) is 16.0. The SMILES string of the molecule is COc1ccc(Cl)cc1NC(=O)CN(C)C(=O)CCn1c(=O)oc2ccccc21. The number of nitrogens with one attached hydrogen (secondary N) is 1. The van der Waals surface area contributed by atoms with Gasteiger partial charge in [0.05, 0.1) is 24.9 Å². The lowest BCUT2D eigenvalue weighted by atomic mass is 10.3. The molecule has 3 rings (SSSR count). The lowest BCUT2D eigenvalue weighted by molar-refractivity contribution is -0.133. The van der Waals surface area contributed by atoms with Gasteiger partial charge in [-0.2, -0.15) is 0 Å². The summed E-state index contributed by atoms with van der Waals surface area (Å²) >= 11 is 5.95. The van der Waals surface area contributed by atoms with Crippen molar-refractivity contribution >= 4 is 40.2 Å². The van der Waals surface area contributed by atoms with Crippen LogP contribution in [-0.2, 0) is 16.1 Å². The molecule has 0 fully saturated rings. The molecule has 2 aromatic carbocycles. The van der Waals surface area contributed by atoms with Gasteiger partial charge in [0.2, 0.25) is 11.8 Å². The number of nitrogens with zero attached hydrogens (tertiary/aromatic N) is 2. The lowest BCUT2D eigenvalue weighted by Gasteiger charge is -2.17. The van der Waals surface area contributed by atoms with Gasteiger partial charge in [-0.3, -0.25) is 14.2 Å². The van der Waals surface area contributed by atoms with Gasteiger partial charge in [0.15, 0.2) is 5.58 Å². The number of carbonyl (C=O) groups excluding carboxylic acids is 2. The summed E-state index contributed by atoms with van der Waals surface area (Å²) in [5.41, 5.74) is 1.51. The number of aryl methyl sites for hydroxylation is 1. The van der Waals surface area contributed by atoms with Crippen LogP contribution in [0.3, 0.4) is 0 Å². The third-order valence-electron chi connectivity index (χ3n) is 4.37. The van der Waals surface area contributed by atoms with Crippen LogP contribution in [0.4, 0.5) is 5.69 Å². The Morgan fingerprint density at radius 1 is 1.24 bits per heavy atom. The van der Waals surface area contributed by atoms with Gasteiger partial charge in [0.25, 0.3) is 0 Å². The lowest BCUT2D eigenvalue weighted by Crippen LogP contribution is -2.35. The van der Waals surface area contributed by atoms with Gasteiger partial charge >= 0.3 is 5.76 Å². The minimum Gasteiger partial charge on any atom is -0.495 e. The minimum atomic E-state index is -0.521. The van der Waals surface area contributed by atoms with E-state index in [2.05, 4.69) is 5.32 Å². The van der Waals surface area contributed by atoms with Gasteiger partial charge in [0.1, 0.15) is 5.75 Å². The largest absolute Gasteiger partial charge is 0.495 e. The maximum Gasteiger partial charge on any atom is 0.419 e. The normalized spacial score (nSPS) is 10.7. The van der Waals surface area contributed by atoms with Crippen molar-refractivity contribution in [3.05, 3.63) is 58.0 Å². The number of amides is 2. The summed E-state index contributed by atoms with van der Waals surface area (Å²) in [6, 6.07) is 11.8. The number of rotatable bonds is 7. The number of hydrogen-bond acceptors (Lipinski definition) is 5. The topological polar surface area (TPSA) is 93.8 Å². The van der Waals surface area contributed by atoms with E-state index in [-0.39, 0.29) is 25.4 Å². The molecule has 0 aliphatic rings. The molecule has 0 spiro atoms. The number of oxazole rings is 1. The fraction of sp³-hybridized carbons (Fsp3) is 0.250. The Balaban J connectivity index is 1.59. The number of ether oxygens (including phenoxy) is 1. The van der Waals surface area contributed by atoms with Crippen molar-refractivity contribution in [1.82, 2.24) is 9.47 Å². The zero-order chi connectivity index (χ0) is 21.0. The van der Waals surface area contributed by atoms with Crippen molar-refractivity contribution in [2.75, 3.05) is 26.0 Å². The van der Waals surface area contributed by atoms with E-state index in [0.717, 1.165) is 0 Å². The molecule has 9 heteroatoms. The first kappa shape index (κ1) is 20.5. The van der Waals surface area contributed by atoms with E-state index >= 15 is 0 Å². The first-order chi connectivity index (χ1) is 13.9. The molecule has 1 N–H and O–H groups in total. The Labute approximate surface area is 171 Å². The molecule has 0 bridgehead atoms. The number of aromatic nitrogens is 1. The summed E-state index contributed by atoms with van der Waals surface area (Å²) < 4.78 is 11.7. The third-order valence-corrected chi connectivity index (χ3v) is 4.60. The van der Waals surface area contributed by atoms with Crippen molar-refractivity contribution in [1.29, 1.82) is 0 Å². The maximum absolute atomic E-state index is 12.4. The van der Waals surface area contributed by atoms with E-state index in [1.807, 2.05) is 0 Å². The molecular weight excluding hydrogens is 398 g/mol. The predicted octanol–water partition coefficient (Wildman–Crippen LogP) is 2.74. The van der Waals surface area contributed by atoms with Gasteiger partial charge in [-0.25, -0.2) is 4.79 Å². The Morgan fingerprint density at radius 2 is 2.00 bits per heavy atom. The smallest absolute Gasteiger partial charge is 0.419 e. The van der Waals surface area contributed by atoms with Gasteiger partial charge in [0, 0.05) is 25.0 Å². The molecule has 8 nitrogen and oxygen atoms in total. The molecule has 0 saturated heterocycles. The van der Waals surface area contributed by atoms with Crippen LogP contribution in [0.5, 0.6) is 5.75 Å². The molecule has 0 unspecified atom stereocenters. The highest BCUT2D eigenvalue weighted by molar-refractivity contribution is 6.31. The van der Waals surface area contributed by atoms with Gasteiger partial charge in [-0.15, -0.1) is 0 Å². The van der Waals surface area contributed by atoms with Crippen LogP contribution in [-0.4, -0.2) is 42.0 Å². The van der Waals surface area contributed by atoms with E-state index in [1.165, 1.54) is 23.6 Å². The summed E-state index contributed by atoms with van der Waals surface area (Å²) in [5.74, 6) is -0.738. The predicted molar refractivity (Wildman–Crippen MR) is 109 cm³/mol. The van der Waals surface area contributed by atoms with Gasteiger partial charge < -0.3 is 19.4 Å². The number of methoxy groups -OCH3 is 1. The van der Waals surface area contributed by atoms with Crippen molar-refractivity contribution in [3.63, 3.8) is 0 Å². The molecule has 0 aliphatic carbocycles. The fourth-order valence-corrected chi connectivity index (χ4v) is 3.07. The molecule has 3 aromatic rings. The molecule has 0 saturated carbocycles. The number of likely N-dealkylation sites (N-methyl/N-ethyl adjacent to an activating group) is 1. The summed E-state index contributed by atoms with van der Waals surface area (Å²) in [7, 11) is 3.00. The van der Waals surface area contributed by atoms with Crippen LogP contribution in [0, 0.1) is 0 Å². The third kappa shape index (κ3) is 4.78. The van der Waals surface area contributed by atoms with Crippen molar-refractivity contribution in [2.45, 2.75) is 13.0 Å². The van der Waals surface area contributed by atoms with Crippen LogP contribution >= 0.6 is 11.6 Å². The number of para-hydroxylation sites is 2. The first-order valence-corrected chi connectivity index (χ1v) is 9.22. The number of benzene rings is 2. The summed E-state index contributed by atoms with van der Waals surface area (Å²) in [6.07, 6.45) is 0.0493. The highest BCUT2D eigenvalue weighted by Gasteiger charge is 2.16. The number of halogens is 1. The zero-order valence-corrected chi connectivity index (χ0v) is 16.7. The van der Waals surface area contributed by atoms with Crippen molar-refractivity contribution < 1.29 is 18.7 Å². The second-order valence-electron chi connectivity index (χ2n) is 6.38. The Kier molecular flexibility index (Phi) is 6.23. The van der Waals surface area contributed by atoms with Crippen LogP contribution in [0.25, 0.3) is 11.1 Å². The van der Waals surface area contributed by atoms with E-state index < -0.39 is 11.7 Å². The average Bonchev–Trinajstić information content (AvgIpc) is 3.01. The van der Waals surface area contributed by atoms with Crippen LogP contribution in [0.2, 0.25) is 5.02 Å². The fourth-order valence-electron chi connectivity index (χ4n) is 2.90. The molecule has 0 aliphatic heterocycles. The second kappa shape index (κ2) is 8.83. The monoisotopic (exact) mass is 417 g/mol. The highest BCUT2D eigenvalue weighted by Crippen LogP contribution is 2.27. The molecule has 152 valence electrons. The molecule has 29 heavy (non-hydrogen) atoms. The molecular formula is C20H20ClN3O5. The van der Waals surface area contributed by atoms with E-state index in [4.69, 9.17) is 20.8 Å².